The number of hydrogen-bond acceptors (Lipinski definition) is 4. The van der Waals surface area contributed by atoms with Gasteiger partial charge in [-0.3, -0.25) is 9.78 Å². The normalized spacial score (nSPS) is 13.2. The summed E-state index contributed by atoms with van der Waals surface area (Å²) >= 11 is 0. The van der Waals surface area contributed by atoms with Crippen LogP contribution in [0.2, 0.25) is 0 Å². The zero-order chi connectivity index (χ0) is 12.8. The van der Waals surface area contributed by atoms with E-state index in [1.54, 1.807) is 6.92 Å². The lowest BCUT2D eigenvalue weighted by Gasteiger charge is -2.15. The smallest absolute Gasteiger partial charge is 0.254 e. The molecule has 6 nitrogen and oxygen atoms in total. The molecule has 1 amide bonds. The molecule has 0 aromatic carbocycles. The average Bonchev–Trinajstić information content (AvgIpc) is 2.35. The van der Waals surface area contributed by atoms with E-state index in [0.717, 1.165) is 6.20 Å². The molecule has 7 heteroatoms. The predicted octanol–water partition coefficient (Wildman–Crippen LogP) is 0.476. The number of aromatic nitrogens is 1. The molecule has 0 aliphatic carbocycles. The summed E-state index contributed by atoms with van der Waals surface area (Å²) in [6.45, 7) is 1.74. The van der Waals surface area contributed by atoms with Crippen molar-refractivity contribution in [3.63, 3.8) is 0 Å². The van der Waals surface area contributed by atoms with Crippen molar-refractivity contribution in [2.45, 2.75) is 19.4 Å². The summed E-state index contributed by atoms with van der Waals surface area (Å²) < 4.78 is 13.2. The number of carbonyl (C=O) groups is 1. The van der Waals surface area contributed by atoms with Gasteiger partial charge >= 0.3 is 0 Å². The highest BCUT2D eigenvalue weighted by atomic mass is 19.1. The van der Waals surface area contributed by atoms with Gasteiger partial charge in [0.2, 0.25) is 0 Å². The molecule has 0 aliphatic rings. The quantitative estimate of drug-likeness (QED) is 0.308. The van der Waals surface area contributed by atoms with Gasteiger partial charge in [-0.15, -0.1) is 0 Å². The van der Waals surface area contributed by atoms with Gasteiger partial charge in [0.05, 0.1) is 17.8 Å². The Morgan fingerprint density at radius 2 is 2.47 bits per heavy atom. The maximum Gasteiger partial charge on any atom is 0.254 e. The van der Waals surface area contributed by atoms with E-state index in [1.165, 1.54) is 12.3 Å². The van der Waals surface area contributed by atoms with Crippen LogP contribution in [-0.2, 0) is 0 Å². The molecule has 1 rings (SSSR count). The van der Waals surface area contributed by atoms with Crippen LogP contribution in [0.3, 0.4) is 0 Å². The van der Waals surface area contributed by atoms with Gasteiger partial charge in [0.25, 0.3) is 5.91 Å². The van der Waals surface area contributed by atoms with E-state index in [9.17, 15) is 9.18 Å². The zero-order valence-corrected chi connectivity index (χ0v) is 9.22. The first-order valence-electron chi connectivity index (χ1n) is 4.98. The summed E-state index contributed by atoms with van der Waals surface area (Å²) in [4.78, 5) is 15.2. The van der Waals surface area contributed by atoms with E-state index in [4.69, 9.17) is 10.9 Å². The fraction of sp³-hybridized carbons (Fsp3) is 0.300. The third-order valence-corrected chi connectivity index (χ3v) is 2.20. The van der Waals surface area contributed by atoms with Crippen molar-refractivity contribution in [3.05, 3.63) is 29.8 Å². The first-order valence-corrected chi connectivity index (χ1v) is 4.98. The van der Waals surface area contributed by atoms with E-state index >= 15 is 0 Å². The first kappa shape index (κ1) is 12.9. The van der Waals surface area contributed by atoms with Crippen LogP contribution < -0.4 is 11.1 Å². The molecule has 1 atom stereocenters. The lowest BCUT2D eigenvalue weighted by molar-refractivity contribution is 0.0941. The molecule has 1 aromatic rings. The molecule has 17 heavy (non-hydrogen) atoms. The maximum atomic E-state index is 13.2. The van der Waals surface area contributed by atoms with Gasteiger partial charge in [0.1, 0.15) is 0 Å². The number of carbonyl (C=O) groups excluding carboxylic acids is 1. The average molecular weight is 240 g/mol. The number of nitrogens with two attached hydrogens (primary N) is 1. The Labute approximate surface area is 97.3 Å². The molecule has 4 N–H and O–H groups in total. The number of amides is 1. The first-order chi connectivity index (χ1) is 8.10. The predicted molar refractivity (Wildman–Crippen MR) is 59.1 cm³/mol. The SMILES string of the molecule is CCC(NC(=O)c1ccncc1F)C(N)=NO. The molecule has 1 heterocycles. The fourth-order valence-electron chi connectivity index (χ4n) is 1.25. The van der Waals surface area contributed by atoms with Crippen LogP contribution in [0.25, 0.3) is 0 Å². The van der Waals surface area contributed by atoms with Gasteiger partial charge in [-0.25, -0.2) is 4.39 Å². The van der Waals surface area contributed by atoms with Crippen LogP contribution in [0.15, 0.2) is 23.6 Å². The Balaban J connectivity index is 2.82. The van der Waals surface area contributed by atoms with Gasteiger partial charge in [0, 0.05) is 6.20 Å². The van der Waals surface area contributed by atoms with Gasteiger partial charge in [-0.1, -0.05) is 12.1 Å². The summed E-state index contributed by atoms with van der Waals surface area (Å²) in [5.74, 6) is -1.49. The van der Waals surface area contributed by atoms with Crippen molar-refractivity contribution in [1.82, 2.24) is 10.3 Å². The number of hydrogen-bond donors (Lipinski definition) is 3. The van der Waals surface area contributed by atoms with Crippen LogP contribution in [-0.4, -0.2) is 28.0 Å². The number of amidine groups is 1. The Bertz CT molecular complexity index is 436. The lowest BCUT2D eigenvalue weighted by Crippen LogP contribution is -2.44. The molecule has 1 aromatic heterocycles. The number of rotatable bonds is 4. The van der Waals surface area contributed by atoms with E-state index in [2.05, 4.69) is 15.5 Å². The number of oxime groups is 1. The van der Waals surface area contributed by atoms with Crippen LogP contribution in [0, 0.1) is 5.82 Å². The molecule has 0 saturated heterocycles. The molecule has 0 fully saturated rings. The van der Waals surface area contributed by atoms with Crippen LogP contribution >= 0.6 is 0 Å². The minimum Gasteiger partial charge on any atom is -0.409 e. The highest BCUT2D eigenvalue weighted by Crippen LogP contribution is 2.05. The second-order valence-electron chi connectivity index (χ2n) is 3.31. The van der Waals surface area contributed by atoms with Gasteiger partial charge < -0.3 is 16.3 Å². The Morgan fingerprint density at radius 3 is 3.00 bits per heavy atom. The van der Waals surface area contributed by atoms with Crippen molar-refractivity contribution in [1.29, 1.82) is 0 Å². The van der Waals surface area contributed by atoms with Gasteiger partial charge in [-0.2, -0.15) is 0 Å². The number of nitrogens with one attached hydrogen (secondary N) is 1. The summed E-state index contributed by atoms with van der Waals surface area (Å²) in [6.07, 6.45) is 2.68. The maximum absolute atomic E-state index is 13.2. The second kappa shape index (κ2) is 5.78. The van der Waals surface area contributed by atoms with Crippen LogP contribution in [0.1, 0.15) is 23.7 Å². The molecule has 0 bridgehead atoms. The Kier molecular flexibility index (Phi) is 4.38. The third kappa shape index (κ3) is 3.13. The third-order valence-electron chi connectivity index (χ3n) is 2.20. The minimum atomic E-state index is -0.723. The van der Waals surface area contributed by atoms with Crippen LogP contribution in [0.5, 0.6) is 0 Å². The molecule has 0 saturated carbocycles. The summed E-state index contributed by atoms with van der Waals surface area (Å²) in [5.41, 5.74) is 5.24. The van der Waals surface area contributed by atoms with Crippen molar-refractivity contribution in [2.24, 2.45) is 10.9 Å². The number of pyridine rings is 1. The van der Waals surface area contributed by atoms with Gasteiger partial charge in [-0.05, 0) is 12.5 Å². The highest BCUT2D eigenvalue weighted by molar-refractivity contribution is 5.98. The topological polar surface area (TPSA) is 101 Å². The zero-order valence-electron chi connectivity index (χ0n) is 9.22. The Morgan fingerprint density at radius 1 is 1.76 bits per heavy atom. The Hall–Kier alpha value is -2.18. The second-order valence-corrected chi connectivity index (χ2v) is 3.31. The molecule has 0 radical (unpaired) electrons. The molecule has 92 valence electrons. The molecular weight excluding hydrogens is 227 g/mol. The summed E-state index contributed by atoms with van der Waals surface area (Å²) in [5, 5.41) is 13.8. The van der Waals surface area contributed by atoms with E-state index in [-0.39, 0.29) is 11.4 Å². The standard InChI is InChI=1S/C10H13FN4O2/c1-2-8(9(12)15-17)14-10(16)6-3-4-13-5-7(6)11/h3-5,8,17H,2H2,1H3,(H2,12,15)(H,14,16). The number of nitrogens with zero attached hydrogens (tertiary/aromatic N) is 2. The van der Waals surface area contributed by atoms with Gasteiger partial charge in [0.15, 0.2) is 11.7 Å². The van der Waals surface area contributed by atoms with Crippen molar-refractivity contribution in [3.8, 4) is 0 Å². The summed E-state index contributed by atoms with van der Waals surface area (Å²) in [6, 6.07) is 0.615. The van der Waals surface area contributed by atoms with Crippen molar-refractivity contribution >= 4 is 11.7 Å². The highest BCUT2D eigenvalue weighted by Gasteiger charge is 2.18. The monoisotopic (exact) mass is 240 g/mol. The molecule has 1 unspecified atom stereocenters. The van der Waals surface area contributed by atoms with Crippen molar-refractivity contribution in [2.75, 3.05) is 0 Å². The van der Waals surface area contributed by atoms with Crippen LogP contribution in [0.4, 0.5) is 4.39 Å². The molecular formula is C10H13FN4O2. The van der Waals surface area contributed by atoms with Crippen molar-refractivity contribution < 1.29 is 14.4 Å². The van der Waals surface area contributed by atoms with E-state index in [0.29, 0.717) is 6.42 Å². The largest absolute Gasteiger partial charge is 0.409 e. The lowest BCUT2D eigenvalue weighted by atomic mass is 10.1. The van der Waals surface area contributed by atoms with E-state index in [1.807, 2.05) is 0 Å². The summed E-state index contributed by atoms with van der Waals surface area (Å²) in [7, 11) is 0. The van der Waals surface area contributed by atoms with E-state index < -0.39 is 17.8 Å². The molecule has 0 spiro atoms. The number of halogens is 1. The fourth-order valence-corrected chi connectivity index (χ4v) is 1.25. The molecule has 0 aliphatic heterocycles. The minimum absolute atomic E-state index is 0.129.